The molecule has 0 unspecified atom stereocenters. The fraction of sp³-hybridized carbons (Fsp3) is 0.176. The molecular formula is C17H14N8O3S. The van der Waals surface area contributed by atoms with Crippen LogP contribution in [0.1, 0.15) is 27.1 Å². The van der Waals surface area contributed by atoms with Crippen LogP contribution in [0, 0.1) is 0 Å². The van der Waals surface area contributed by atoms with Crippen LogP contribution in [0.4, 0.5) is 0 Å². The number of hydrogen-bond donors (Lipinski definition) is 2. The maximum atomic E-state index is 13.0. The highest BCUT2D eigenvalue weighted by atomic mass is 32.1. The van der Waals surface area contributed by atoms with Crippen LogP contribution in [0.25, 0.3) is 21.3 Å². The second-order valence-electron chi connectivity index (χ2n) is 6.43. The minimum Gasteiger partial charge on any atom is -0.436 e. The molecule has 0 saturated carbocycles. The number of aromatic nitrogens is 7. The molecule has 0 bridgehead atoms. The minimum atomic E-state index is -0.772. The summed E-state index contributed by atoms with van der Waals surface area (Å²) in [6, 6.07) is 1.90. The number of aromatic amines is 1. The molecule has 5 heterocycles. The average molecular weight is 410 g/mol. The van der Waals surface area contributed by atoms with E-state index < -0.39 is 5.91 Å². The fourth-order valence-electron chi connectivity index (χ4n) is 3.21. The van der Waals surface area contributed by atoms with Gasteiger partial charge in [0.2, 0.25) is 0 Å². The van der Waals surface area contributed by atoms with Crippen LogP contribution >= 0.6 is 11.3 Å². The molecule has 3 N–H and O–H groups in total. The Balaban J connectivity index is 1.55. The molecule has 5 rings (SSSR count). The highest BCUT2D eigenvalue weighted by Crippen LogP contribution is 2.31. The van der Waals surface area contributed by atoms with Crippen LogP contribution in [0.15, 0.2) is 33.9 Å². The molecule has 11 nitrogen and oxygen atoms in total. The summed E-state index contributed by atoms with van der Waals surface area (Å²) in [5.41, 5.74) is 6.96. The van der Waals surface area contributed by atoms with E-state index in [1.54, 1.807) is 24.0 Å². The van der Waals surface area contributed by atoms with E-state index in [2.05, 4.69) is 25.3 Å². The van der Waals surface area contributed by atoms with Crippen molar-refractivity contribution in [1.82, 2.24) is 34.5 Å². The van der Waals surface area contributed by atoms with Crippen molar-refractivity contribution in [1.29, 1.82) is 0 Å². The van der Waals surface area contributed by atoms with Crippen molar-refractivity contribution in [2.45, 2.75) is 13.0 Å². The van der Waals surface area contributed by atoms with E-state index in [1.165, 1.54) is 22.2 Å². The van der Waals surface area contributed by atoms with Gasteiger partial charge in [0.15, 0.2) is 5.65 Å². The van der Waals surface area contributed by atoms with Gasteiger partial charge in [-0.15, -0.1) is 11.3 Å². The molecule has 0 spiro atoms. The normalized spacial score (nSPS) is 11.6. The Labute approximate surface area is 165 Å². The Kier molecular flexibility index (Phi) is 3.81. The summed E-state index contributed by atoms with van der Waals surface area (Å²) >= 11 is 1.52. The van der Waals surface area contributed by atoms with Gasteiger partial charge >= 0.3 is 5.91 Å². The molecule has 0 aromatic carbocycles. The number of rotatable bonds is 5. The lowest BCUT2D eigenvalue weighted by Gasteiger charge is -2.03. The quantitative estimate of drug-likeness (QED) is 0.435. The van der Waals surface area contributed by atoms with Crippen LogP contribution in [-0.4, -0.2) is 40.4 Å². The number of thiazole rings is 1. The topological polar surface area (TPSA) is 151 Å². The number of nitrogens with one attached hydrogen (secondary N) is 1. The van der Waals surface area contributed by atoms with Crippen molar-refractivity contribution in [3.05, 3.63) is 57.4 Å². The molecule has 0 aliphatic carbocycles. The van der Waals surface area contributed by atoms with Crippen molar-refractivity contribution < 1.29 is 9.21 Å². The Morgan fingerprint density at radius 1 is 1.38 bits per heavy atom. The van der Waals surface area contributed by atoms with Crippen LogP contribution in [0.2, 0.25) is 0 Å². The number of nitrogens with zero attached hydrogens (tertiary/aromatic N) is 6. The van der Waals surface area contributed by atoms with Gasteiger partial charge in [-0.25, -0.2) is 14.6 Å². The van der Waals surface area contributed by atoms with Crippen molar-refractivity contribution in [2.24, 2.45) is 12.8 Å². The SMILES string of the molecule is Cn1c2nc(Cc3cc[nH]n3)sc2c2cnn(Cc3cnc(C(N)=O)o3)c(=O)c21. The molecule has 0 aliphatic heterocycles. The Morgan fingerprint density at radius 2 is 2.24 bits per heavy atom. The van der Waals surface area contributed by atoms with Gasteiger partial charge in [0.1, 0.15) is 22.8 Å². The summed E-state index contributed by atoms with van der Waals surface area (Å²) in [6.07, 6.45) is 5.37. The second-order valence-corrected chi connectivity index (χ2v) is 7.51. The third-order valence-electron chi connectivity index (χ3n) is 4.53. The zero-order valence-corrected chi connectivity index (χ0v) is 15.9. The lowest BCUT2D eigenvalue weighted by atomic mass is 10.3. The van der Waals surface area contributed by atoms with Crippen molar-refractivity contribution in [2.75, 3.05) is 0 Å². The zero-order chi connectivity index (χ0) is 20.1. The van der Waals surface area contributed by atoms with Gasteiger partial charge in [-0.1, -0.05) is 0 Å². The van der Waals surface area contributed by atoms with E-state index in [0.29, 0.717) is 17.7 Å². The molecule has 0 aliphatic rings. The Morgan fingerprint density at radius 3 is 2.97 bits per heavy atom. The molecule has 0 atom stereocenters. The molecule has 5 aromatic rings. The lowest BCUT2D eigenvalue weighted by molar-refractivity contribution is 0.0965. The maximum Gasteiger partial charge on any atom is 0.304 e. The number of oxazole rings is 1. The van der Waals surface area contributed by atoms with Gasteiger partial charge in [0.25, 0.3) is 11.4 Å². The third kappa shape index (κ3) is 2.81. The lowest BCUT2D eigenvalue weighted by Crippen LogP contribution is -2.24. The minimum absolute atomic E-state index is 0.0335. The predicted octanol–water partition coefficient (Wildman–Crippen LogP) is 0.794. The van der Waals surface area contributed by atoms with E-state index in [9.17, 15) is 9.59 Å². The van der Waals surface area contributed by atoms with E-state index in [1.807, 2.05) is 6.07 Å². The van der Waals surface area contributed by atoms with Gasteiger partial charge in [-0.2, -0.15) is 10.2 Å². The molecule has 0 fully saturated rings. The fourth-order valence-corrected chi connectivity index (χ4v) is 4.33. The van der Waals surface area contributed by atoms with Crippen molar-refractivity contribution in [3.8, 4) is 0 Å². The van der Waals surface area contributed by atoms with Crippen LogP contribution < -0.4 is 11.3 Å². The van der Waals surface area contributed by atoms with Gasteiger partial charge in [-0.3, -0.25) is 14.7 Å². The number of carbonyl (C=O) groups is 1. The molecule has 12 heteroatoms. The second kappa shape index (κ2) is 6.38. The highest BCUT2D eigenvalue weighted by molar-refractivity contribution is 7.19. The molecule has 0 saturated heterocycles. The van der Waals surface area contributed by atoms with E-state index in [4.69, 9.17) is 10.2 Å². The number of primary amides is 1. The van der Waals surface area contributed by atoms with E-state index in [0.717, 1.165) is 26.4 Å². The highest BCUT2D eigenvalue weighted by Gasteiger charge is 2.19. The first-order chi connectivity index (χ1) is 14.0. The molecule has 0 radical (unpaired) electrons. The summed E-state index contributed by atoms with van der Waals surface area (Å²) in [6.45, 7) is 0.0335. The maximum absolute atomic E-state index is 13.0. The number of nitrogens with two attached hydrogens (primary N) is 1. The first kappa shape index (κ1) is 17.3. The van der Waals surface area contributed by atoms with Crippen LogP contribution in [0.3, 0.4) is 0 Å². The van der Waals surface area contributed by atoms with Gasteiger partial charge in [0, 0.05) is 25.1 Å². The summed E-state index contributed by atoms with van der Waals surface area (Å²) in [7, 11) is 1.80. The van der Waals surface area contributed by atoms with Gasteiger partial charge in [-0.05, 0) is 6.07 Å². The molecule has 5 aromatic heterocycles. The van der Waals surface area contributed by atoms with Gasteiger partial charge < -0.3 is 14.7 Å². The number of H-pyrrole nitrogens is 1. The summed E-state index contributed by atoms with van der Waals surface area (Å²) in [5.74, 6) is -0.670. The number of carbonyl (C=O) groups excluding carboxylic acids is 1. The molecule has 146 valence electrons. The monoisotopic (exact) mass is 410 g/mol. The third-order valence-corrected chi connectivity index (χ3v) is 5.61. The molecule has 1 amide bonds. The Hall–Kier alpha value is -3.80. The number of fused-ring (bicyclic) bond motifs is 3. The zero-order valence-electron chi connectivity index (χ0n) is 15.1. The van der Waals surface area contributed by atoms with Crippen molar-refractivity contribution >= 4 is 38.5 Å². The predicted molar refractivity (Wildman–Crippen MR) is 104 cm³/mol. The van der Waals surface area contributed by atoms with Gasteiger partial charge in [0.05, 0.1) is 22.8 Å². The molecule has 29 heavy (non-hydrogen) atoms. The summed E-state index contributed by atoms with van der Waals surface area (Å²) in [4.78, 5) is 32.6. The Bertz CT molecular complexity index is 1420. The standard InChI is InChI=1S/C17H14N8O3S/c1-24-12-10(13-15(24)22-11(29-13)4-8-2-3-20-23-8)6-21-25(17(12)27)7-9-5-19-16(28-9)14(18)26/h2-3,5-6H,4,7H2,1H3,(H2,18,26)(H,20,23). The number of aryl methyl sites for hydroxylation is 1. The first-order valence-electron chi connectivity index (χ1n) is 8.58. The first-order valence-corrected chi connectivity index (χ1v) is 9.40. The largest absolute Gasteiger partial charge is 0.436 e. The van der Waals surface area contributed by atoms with Crippen LogP contribution in [0.5, 0.6) is 0 Å². The smallest absolute Gasteiger partial charge is 0.304 e. The summed E-state index contributed by atoms with van der Waals surface area (Å²) < 4.78 is 9.17. The summed E-state index contributed by atoms with van der Waals surface area (Å²) in [5, 5.41) is 12.8. The number of amides is 1. The number of hydrogen-bond acceptors (Lipinski definition) is 8. The molecular weight excluding hydrogens is 396 g/mol. The van der Waals surface area contributed by atoms with E-state index >= 15 is 0 Å². The van der Waals surface area contributed by atoms with Crippen molar-refractivity contribution in [3.63, 3.8) is 0 Å². The average Bonchev–Trinajstić information content (AvgIpc) is 3.45. The van der Waals surface area contributed by atoms with Crippen LogP contribution in [-0.2, 0) is 20.0 Å². The van der Waals surface area contributed by atoms with E-state index in [-0.39, 0.29) is 18.0 Å².